The molecule has 2 rings (SSSR count). The quantitative estimate of drug-likeness (QED) is 0.346. The number of hydrogen-bond acceptors (Lipinski definition) is 4. The molecule has 0 amide bonds. The summed E-state index contributed by atoms with van der Waals surface area (Å²) in [6.45, 7) is 10.8. The minimum atomic E-state index is 0. The van der Waals surface area contributed by atoms with Crippen LogP contribution < -0.4 is 10.6 Å². The average Bonchev–Trinajstić information content (AvgIpc) is 3.10. The molecule has 1 aliphatic heterocycles. The Balaban J connectivity index is 0.00000312. The molecule has 0 bridgehead atoms. The number of guanidine groups is 1. The van der Waals surface area contributed by atoms with Crippen LogP contribution >= 0.6 is 24.0 Å². The summed E-state index contributed by atoms with van der Waals surface area (Å²) >= 11 is 0. The largest absolute Gasteiger partial charge is 0.379 e. The molecule has 1 atom stereocenters. The van der Waals surface area contributed by atoms with Gasteiger partial charge in [-0.15, -0.1) is 24.0 Å². The van der Waals surface area contributed by atoms with Crippen LogP contribution in [-0.2, 0) is 11.3 Å². The smallest absolute Gasteiger partial charge is 0.191 e. The monoisotopic (exact) mass is 464 g/mol. The van der Waals surface area contributed by atoms with Crippen LogP contribution in [0.3, 0.4) is 0 Å². The Morgan fingerprint density at radius 1 is 1.28 bits per heavy atom. The van der Waals surface area contributed by atoms with Crippen molar-refractivity contribution in [2.75, 3.05) is 46.4 Å². The van der Waals surface area contributed by atoms with Crippen LogP contribution in [0.1, 0.15) is 20.3 Å². The van der Waals surface area contributed by atoms with Gasteiger partial charge in [0.15, 0.2) is 5.96 Å². The summed E-state index contributed by atoms with van der Waals surface area (Å²) in [6, 6.07) is 2.45. The number of nitrogens with zero attached hydrogens (tertiary/aromatic N) is 4. The molecule has 1 aromatic rings. The van der Waals surface area contributed by atoms with Gasteiger partial charge in [0.05, 0.1) is 19.8 Å². The highest BCUT2D eigenvalue weighted by molar-refractivity contribution is 14.0. The van der Waals surface area contributed by atoms with Gasteiger partial charge >= 0.3 is 0 Å². The number of rotatable bonds is 8. The number of morpholine rings is 1. The minimum absolute atomic E-state index is 0. The molecule has 0 radical (unpaired) electrons. The van der Waals surface area contributed by atoms with Gasteiger partial charge in [-0.05, 0) is 18.4 Å². The van der Waals surface area contributed by atoms with Gasteiger partial charge < -0.3 is 15.4 Å². The Bertz CT molecular complexity index is 473. The van der Waals surface area contributed by atoms with E-state index in [0.717, 1.165) is 51.9 Å². The average molecular weight is 464 g/mol. The third-order valence-corrected chi connectivity index (χ3v) is 4.23. The van der Waals surface area contributed by atoms with Crippen LogP contribution in [0.2, 0.25) is 0 Å². The summed E-state index contributed by atoms with van der Waals surface area (Å²) < 4.78 is 7.40. The van der Waals surface area contributed by atoms with Gasteiger partial charge in [0.2, 0.25) is 0 Å². The Labute approximate surface area is 168 Å². The second-order valence-corrected chi connectivity index (χ2v) is 6.58. The molecule has 7 nitrogen and oxygen atoms in total. The minimum Gasteiger partial charge on any atom is -0.379 e. The second kappa shape index (κ2) is 12.5. The van der Waals surface area contributed by atoms with Gasteiger partial charge in [0.1, 0.15) is 0 Å². The van der Waals surface area contributed by atoms with E-state index in [1.165, 1.54) is 6.42 Å². The lowest BCUT2D eigenvalue weighted by Gasteiger charge is -2.35. The van der Waals surface area contributed by atoms with Crippen molar-refractivity contribution in [2.45, 2.75) is 32.9 Å². The van der Waals surface area contributed by atoms with Crippen molar-refractivity contribution in [1.82, 2.24) is 25.3 Å². The van der Waals surface area contributed by atoms with Gasteiger partial charge in [-0.25, -0.2) is 0 Å². The van der Waals surface area contributed by atoms with Crippen LogP contribution in [0.25, 0.3) is 0 Å². The number of ether oxygens (including phenoxy) is 1. The van der Waals surface area contributed by atoms with Gasteiger partial charge in [0, 0.05) is 51.7 Å². The lowest BCUT2D eigenvalue weighted by atomic mass is 10.0. The molecule has 144 valence electrons. The fourth-order valence-corrected chi connectivity index (χ4v) is 3.00. The van der Waals surface area contributed by atoms with E-state index in [9.17, 15) is 0 Å². The van der Waals surface area contributed by atoms with Crippen molar-refractivity contribution in [1.29, 1.82) is 0 Å². The fraction of sp³-hybridized carbons (Fsp3) is 0.765. The van der Waals surface area contributed by atoms with Crippen molar-refractivity contribution in [3.05, 3.63) is 18.5 Å². The topological polar surface area (TPSA) is 66.7 Å². The Kier molecular flexibility index (Phi) is 11.1. The van der Waals surface area contributed by atoms with Crippen LogP contribution in [0, 0.1) is 5.92 Å². The van der Waals surface area contributed by atoms with Crippen molar-refractivity contribution < 1.29 is 4.74 Å². The van der Waals surface area contributed by atoms with E-state index in [0.29, 0.717) is 12.0 Å². The predicted molar refractivity (Wildman–Crippen MR) is 113 cm³/mol. The molecule has 1 aliphatic rings. The Morgan fingerprint density at radius 2 is 2.04 bits per heavy atom. The maximum Gasteiger partial charge on any atom is 0.191 e. The molecule has 1 aromatic heterocycles. The number of aliphatic imine (C=N–C) groups is 1. The molecular formula is C17H33IN6O. The third kappa shape index (κ3) is 8.37. The molecule has 0 aliphatic carbocycles. The zero-order valence-corrected chi connectivity index (χ0v) is 18.0. The van der Waals surface area contributed by atoms with E-state index in [4.69, 9.17) is 4.74 Å². The predicted octanol–water partition coefficient (Wildman–Crippen LogP) is 1.41. The Hall–Kier alpha value is -0.870. The molecule has 1 unspecified atom stereocenters. The Morgan fingerprint density at radius 3 is 2.64 bits per heavy atom. The van der Waals surface area contributed by atoms with Gasteiger partial charge in [-0.2, -0.15) is 5.10 Å². The first-order valence-electron chi connectivity index (χ1n) is 8.92. The zero-order chi connectivity index (χ0) is 17.2. The zero-order valence-electron chi connectivity index (χ0n) is 15.6. The molecule has 0 aromatic carbocycles. The van der Waals surface area contributed by atoms with E-state index >= 15 is 0 Å². The lowest BCUT2D eigenvalue weighted by molar-refractivity contribution is 0.0132. The highest BCUT2D eigenvalue weighted by atomic mass is 127. The van der Waals surface area contributed by atoms with Crippen molar-refractivity contribution in [3.8, 4) is 0 Å². The van der Waals surface area contributed by atoms with E-state index in [2.05, 4.69) is 39.5 Å². The molecule has 2 N–H and O–H groups in total. The first kappa shape index (κ1) is 22.2. The molecule has 2 heterocycles. The standard InChI is InChI=1S/C17H32N6O.HI/c1-15(2)13-16(22-9-11-24-12-10-22)14-20-17(18-3)19-6-8-23-7-4-5-21-23;/h4-5,7,15-16H,6,8-14H2,1-3H3,(H2,18,19,20);1H. The second-order valence-electron chi connectivity index (χ2n) is 6.58. The highest BCUT2D eigenvalue weighted by Gasteiger charge is 2.22. The summed E-state index contributed by atoms with van der Waals surface area (Å²) in [4.78, 5) is 6.86. The molecular weight excluding hydrogens is 431 g/mol. The van der Waals surface area contributed by atoms with Gasteiger partial charge in [0.25, 0.3) is 0 Å². The summed E-state index contributed by atoms with van der Waals surface area (Å²) in [5.41, 5.74) is 0. The number of aromatic nitrogens is 2. The van der Waals surface area contributed by atoms with Gasteiger partial charge in [-0.3, -0.25) is 14.6 Å². The van der Waals surface area contributed by atoms with Crippen molar-refractivity contribution in [2.24, 2.45) is 10.9 Å². The first-order valence-corrected chi connectivity index (χ1v) is 8.92. The molecule has 8 heteroatoms. The fourth-order valence-electron chi connectivity index (χ4n) is 3.00. The van der Waals surface area contributed by atoms with Crippen molar-refractivity contribution in [3.63, 3.8) is 0 Å². The van der Waals surface area contributed by atoms with Crippen LogP contribution in [0.4, 0.5) is 0 Å². The lowest BCUT2D eigenvalue weighted by Crippen LogP contribution is -2.51. The summed E-state index contributed by atoms with van der Waals surface area (Å²) in [5, 5.41) is 11.0. The molecule has 1 fully saturated rings. The van der Waals surface area contributed by atoms with Crippen molar-refractivity contribution >= 4 is 29.9 Å². The van der Waals surface area contributed by atoms with E-state index < -0.39 is 0 Å². The maximum absolute atomic E-state index is 5.48. The number of nitrogens with one attached hydrogen (secondary N) is 2. The van der Waals surface area contributed by atoms with E-state index in [1.807, 2.05) is 24.0 Å². The maximum atomic E-state index is 5.48. The van der Waals surface area contributed by atoms with E-state index in [-0.39, 0.29) is 24.0 Å². The summed E-state index contributed by atoms with van der Waals surface area (Å²) in [7, 11) is 1.81. The SMILES string of the molecule is CN=C(NCCn1cccn1)NCC(CC(C)C)N1CCOCC1.I. The number of halogens is 1. The first-order chi connectivity index (χ1) is 11.7. The molecule has 25 heavy (non-hydrogen) atoms. The molecule has 1 saturated heterocycles. The molecule has 0 saturated carbocycles. The highest BCUT2D eigenvalue weighted by Crippen LogP contribution is 2.12. The summed E-state index contributed by atoms with van der Waals surface area (Å²) in [5.74, 6) is 1.53. The normalized spacial score (nSPS) is 17.2. The molecule has 0 spiro atoms. The van der Waals surface area contributed by atoms with Crippen LogP contribution in [0.15, 0.2) is 23.5 Å². The van der Waals surface area contributed by atoms with Crippen LogP contribution in [0.5, 0.6) is 0 Å². The summed E-state index contributed by atoms with van der Waals surface area (Å²) in [6.07, 6.45) is 4.94. The number of hydrogen-bond donors (Lipinski definition) is 2. The third-order valence-electron chi connectivity index (χ3n) is 4.23. The van der Waals surface area contributed by atoms with E-state index in [1.54, 1.807) is 6.20 Å². The van der Waals surface area contributed by atoms with Gasteiger partial charge in [-0.1, -0.05) is 13.8 Å². The van der Waals surface area contributed by atoms with Crippen LogP contribution in [-0.4, -0.2) is 73.1 Å².